The zero-order chi connectivity index (χ0) is 12.8. The summed E-state index contributed by atoms with van der Waals surface area (Å²) in [5.74, 6) is 0. The first kappa shape index (κ1) is 19.7. The van der Waals surface area contributed by atoms with Crippen molar-refractivity contribution < 1.29 is 40.9 Å². The topological polar surface area (TPSA) is 12.4 Å². The van der Waals surface area contributed by atoms with E-state index in [1.807, 2.05) is 6.07 Å². The number of hydrogen-bond acceptors (Lipinski definition) is 1. The van der Waals surface area contributed by atoms with Gasteiger partial charge in [0.1, 0.15) is 0 Å². The van der Waals surface area contributed by atoms with Gasteiger partial charge in [0.2, 0.25) is 0 Å². The maximum absolute atomic E-state index is 4.77. The van der Waals surface area contributed by atoms with Crippen molar-refractivity contribution in [2.75, 3.05) is 0 Å². The van der Waals surface area contributed by atoms with Crippen molar-refractivity contribution in [1.29, 1.82) is 0 Å². The van der Waals surface area contributed by atoms with E-state index < -0.39 is 0 Å². The minimum absolute atomic E-state index is 0. The number of unbranched alkanes of at least 4 members (excludes halogenated alkanes) is 1. The van der Waals surface area contributed by atoms with Gasteiger partial charge in [-0.25, -0.2) is 0 Å². The molecule has 1 atom stereocenters. The zero-order valence-corrected chi connectivity index (χ0v) is 14.8. The van der Waals surface area contributed by atoms with Crippen molar-refractivity contribution >= 4 is 5.69 Å². The summed E-state index contributed by atoms with van der Waals surface area (Å²) < 4.78 is 4.98. The van der Waals surface area contributed by atoms with Crippen molar-refractivity contribution in [3.63, 3.8) is 0 Å². The molecule has 0 radical (unpaired) electrons. The molecule has 0 bridgehead atoms. The van der Waals surface area contributed by atoms with E-state index in [0.29, 0.717) is 0 Å². The average Bonchev–Trinajstić information content (AvgIpc) is 2.78. The molecule has 0 aromatic heterocycles. The standard InChI is InChI=1S/C10H15.C6H5N.2ClH.V/c1-3-4-5-10-7-6-9(2)8-10;7-6-4-2-1-3-5-6;;;/h6-8H,3-5H2,1-2H3;1-5H;2*1H;/q;;;;+2/p-2. The first-order valence-electron chi connectivity index (χ1n) is 6.61. The van der Waals surface area contributed by atoms with Gasteiger partial charge in [-0.05, 0) is 0 Å². The van der Waals surface area contributed by atoms with Crippen molar-refractivity contribution in [3.8, 4) is 0 Å². The van der Waals surface area contributed by atoms with Gasteiger partial charge in [0.15, 0.2) is 0 Å². The fourth-order valence-electron chi connectivity index (χ4n) is 2.01. The van der Waals surface area contributed by atoms with Crippen molar-refractivity contribution in [2.24, 2.45) is 3.79 Å². The number of benzene rings is 1. The Hall–Kier alpha value is -0.336. The SMILES string of the molecule is CCCCC1=C[C](C)(/[V+2]=[N]/c2ccccc2)C=C1.[Cl-].[Cl-]. The van der Waals surface area contributed by atoms with E-state index in [9.17, 15) is 0 Å². The molecule has 1 aromatic carbocycles. The summed E-state index contributed by atoms with van der Waals surface area (Å²) in [6, 6.07) is 10.3. The molecule has 108 valence electrons. The largest absolute Gasteiger partial charge is 1.00 e. The van der Waals surface area contributed by atoms with Crippen LogP contribution in [0.15, 0.2) is 57.9 Å². The second-order valence-corrected chi connectivity index (χ2v) is 7.05. The van der Waals surface area contributed by atoms with Crippen LogP contribution in [0, 0.1) is 0 Å². The summed E-state index contributed by atoms with van der Waals surface area (Å²) in [7, 11) is 0. The molecule has 1 aliphatic rings. The maximum Gasteiger partial charge on any atom is -1.00 e. The van der Waals surface area contributed by atoms with Crippen LogP contribution in [0.3, 0.4) is 0 Å². The van der Waals surface area contributed by atoms with E-state index in [4.69, 9.17) is 3.79 Å². The molecule has 0 aliphatic heterocycles. The van der Waals surface area contributed by atoms with Crippen LogP contribution in [0.5, 0.6) is 0 Å². The molecule has 0 fully saturated rings. The predicted molar refractivity (Wildman–Crippen MR) is 73.6 cm³/mol. The number of nitrogens with zero attached hydrogens (tertiary/aromatic N) is 1. The Kier molecular flexibility index (Phi) is 9.41. The summed E-state index contributed by atoms with van der Waals surface area (Å²) in [6.07, 6.45) is 10.8. The number of halogens is 2. The van der Waals surface area contributed by atoms with E-state index in [1.54, 1.807) is 0 Å². The molecule has 0 saturated heterocycles. The van der Waals surface area contributed by atoms with Gasteiger partial charge in [-0.1, -0.05) is 0 Å². The third-order valence-electron chi connectivity index (χ3n) is 3.07. The van der Waals surface area contributed by atoms with Crippen LogP contribution in [0.25, 0.3) is 0 Å². The summed E-state index contributed by atoms with van der Waals surface area (Å²) >= 11 is -0.0658. The van der Waals surface area contributed by atoms with Gasteiger partial charge in [0.05, 0.1) is 0 Å². The van der Waals surface area contributed by atoms with E-state index >= 15 is 0 Å². The van der Waals surface area contributed by atoms with Crippen LogP contribution >= 0.6 is 0 Å². The van der Waals surface area contributed by atoms with E-state index in [2.05, 4.69) is 56.3 Å². The molecule has 0 spiro atoms. The normalized spacial score (nSPS) is 20.0. The van der Waals surface area contributed by atoms with Crippen LogP contribution in [-0.4, -0.2) is 0 Å². The third-order valence-corrected chi connectivity index (χ3v) is 4.69. The van der Waals surface area contributed by atoms with Crippen molar-refractivity contribution in [1.82, 2.24) is 0 Å². The van der Waals surface area contributed by atoms with Crippen LogP contribution in [-0.2, 0) is 16.1 Å². The van der Waals surface area contributed by atoms with Gasteiger partial charge >= 0.3 is 117 Å². The molecular weight excluding hydrogens is 328 g/mol. The Bertz CT molecular complexity index is 483. The Morgan fingerprint density at radius 1 is 1.15 bits per heavy atom. The summed E-state index contributed by atoms with van der Waals surface area (Å²) in [4.78, 5) is 0. The van der Waals surface area contributed by atoms with Gasteiger partial charge in [-0.15, -0.1) is 0 Å². The molecule has 1 aromatic rings. The maximum atomic E-state index is 4.77. The van der Waals surface area contributed by atoms with Crippen molar-refractivity contribution in [2.45, 2.75) is 37.2 Å². The predicted octanol–water partition coefficient (Wildman–Crippen LogP) is -0.543. The van der Waals surface area contributed by atoms with Gasteiger partial charge in [0.25, 0.3) is 0 Å². The zero-order valence-electron chi connectivity index (χ0n) is 11.9. The molecular formula is C16H20Cl2NV. The Balaban J connectivity index is 0.00000180. The monoisotopic (exact) mass is 347 g/mol. The minimum atomic E-state index is -0.0658. The quantitative estimate of drug-likeness (QED) is 0.678. The first-order chi connectivity index (χ1) is 8.72. The van der Waals surface area contributed by atoms with Crippen molar-refractivity contribution in [3.05, 3.63) is 54.1 Å². The van der Waals surface area contributed by atoms with Gasteiger partial charge in [0, 0.05) is 0 Å². The Labute approximate surface area is 141 Å². The first-order valence-corrected chi connectivity index (χ1v) is 7.93. The smallest absolute Gasteiger partial charge is 1.00 e. The van der Waals surface area contributed by atoms with Crippen LogP contribution in [0.1, 0.15) is 33.1 Å². The molecule has 20 heavy (non-hydrogen) atoms. The molecule has 4 heteroatoms. The summed E-state index contributed by atoms with van der Waals surface area (Å²) in [5.41, 5.74) is 2.61. The number of allylic oxidation sites excluding steroid dienone is 4. The fourth-order valence-corrected chi connectivity index (χ4v) is 3.30. The molecule has 0 saturated carbocycles. The molecule has 2 rings (SSSR count). The number of hydrogen-bond donors (Lipinski definition) is 0. The van der Waals surface area contributed by atoms with Gasteiger partial charge < -0.3 is 24.8 Å². The van der Waals surface area contributed by atoms with Gasteiger partial charge in [-0.2, -0.15) is 0 Å². The van der Waals surface area contributed by atoms with E-state index in [1.165, 1.54) is 24.8 Å². The summed E-state index contributed by atoms with van der Waals surface area (Å²) in [6.45, 7) is 4.55. The van der Waals surface area contributed by atoms with Crippen LogP contribution in [0.4, 0.5) is 5.69 Å². The minimum Gasteiger partial charge on any atom is -1.00 e. The third kappa shape index (κ3) is 5.97. The van der Waals surface area contributed by atoms with E-state index in [-0.39, 0.29) is 45.0 Å². The number of rotatable bonds is 5. The molecule has 1 nitrogen and oxygen atoms in total. The van der Waals surface area contributed by atoms with Crippen LogP contribution in [0.2, 0.25) is 4.13 Å². The molecule has 0 heterocycles. The summed E-state index contributed by atoms with van der Waals surface area (Å²) in [5, 5.41) is 0. The average molecular weight is 348 g/mol. The van der Waals surface area contributed by atoms with E-state index in [0.717, 1.165) is 5.69 Å². The molecule has 0 N–H and O–H groups in total. The fraction of sp³-hybridized carbons (Fsp3) is 0.375. The molecule has 0 amide bonds. The van der Waals surface area contributed by atoms with Crippen LogP contribution < -0.4 is 24.8 Å². The van der Waals surface area contributed by atoms with Gasteiger partial charge in [-0.3, -0.25) is 0 Å². The second-order valence-electron chi connectivity index (χ2n) is 4.92. The Morgan fingerprint density at radius 2 is 1.85 bits per heavy atom. The second kappa shape index (κ2) is 9.57. The molecule has 1 aliphatic carbocycles. The molecule has 1 unspecified atom stereocenters. The Morgan fingerprint density at radius 3 is 2.50 bits per heavy atom.